The van der Waals surface area contributed by atoms with Gasteiger partial charge in [-0.15, -0.1) is 6.58 Å². The second-order valence-electron chi connectivity index (χ2n) is 18.1. The van der Waals surface area contributed by atoms with Crippen LogP contribution in [0.25, 0.3) is 44.5 Å². The molecule has 0 aromatic heterocycles. The topological polar surface area (TPSA) is 24.7 Å². The lowest BCUT2D eigenvalue weighted by Gasteiger charge is -2.31. The van der Waals surface area contributed by atoms with Crippen molar-refractivity contribution in [1.29, 1.82) is 0 Å². The Morgan fingerprint density at radius 2 is 0.985 bits per heavy atom. The highest BCUT2D eigenvalue weighted by atomic mass is 28.3. The van der Waals surface area contributed by atoms with Crippen molar-refractivity contribution in [2.75, 3.05) is 0 Å². The molecule has 0 radical (unpaired) electrons. The third-order valence-electron chi connectivity index (χ3n) is 14.0. The van der Waals surface area contributed by atoms with Crippen molar-refractivity contribution in [3.8, 4) is 44.5 Å². The minimum absolute atomic E-state index is 0.309. The Morgan fingerprint density at radius 3 is 1.62 bits per heavy atom. The summed E-state index contributed by atoms with van der Waals surface area (Å²) in [5, 5.41) is 8.39. The molecule has 0 bridgehead atoms. The van der Waals surface area contributed by atoms with E-state index in [-0.39, 0.29) is 6.04 Å². The molecule has 0 amide bonds. The van der Waals surface area contributed by atoms with Gasteiger partial charge in [-0.25, -0.2) is 4.99 Å². The molecule has 9 aromatic rings. The van der Waals surface area contributed by atoms with Crippen LogP contribution in [0, 0.1) is 0 Å². The van der Waals surface area contributed by atoms with Gasteiger partial charge in [-0.3, -0.25) is 4.99 Å². The highest BCUT2D eigenvalue weighted by molar-refractivity contribution is 7.22. The van der Waals surface area contributed by atoms with E-state index >= 15 is 0 Å². The maximum atomic E-state index is 5.71. The van der Waals surface area contributed by atoms with Gasteiger partial charge in [0.1, 0.15) is 8.07 Å². The van der Waals surface area contributed by atoms with Crippen LogP contribution in [0.15, 0.2) is 247 Å². The number of hydrogen-bond acceptors (Lipinski definition) is 1. The van der Waals surface area contributed by atoms with E-state index in [1.807, 2.05) is 6.08 Å². The summed E-state index contributed by atoms with van der Waals surface area (Å²) >= 11 is 0. The van der Waals surface area contributed by atoms with Crippen LogP contribution in [0.3, 0.4) is 0 Å². The molecular weight excluding hydrogens is 829 g/mol. The normalized spacial score (nSPS) is 14.7. The predicted molar refractivity (Wildman–Crippen MR) is 287 cm³/mol. The zero-order valence-electron chi connectivity index (χ0n) is 37.6. The Morgan fingerprint density at radius 1 is 0.455 bits per heavy atom. The summed E-state index contributed by atoms with van der Waals surface area (Å²) < 4.78 is 0. The van der Waals surface area contributed by atoms with E-state index in [9.17, 15) is 0 Å². The fourth-order valence-corrected chi connectivity index (χ4v) is 19.1. The van der Waals surface area contributed by atoms with Crippen molar-refractivity contribution in [2.24, 2.45) is 9.98 Å². The lowest BCUT2D eigenvalue weighted by atomic mass is 9.92. The van der Waals surface area contributed by atoms with Gasteiger partial charge in [0.15, 0.2) is 13.9 Å². The highest BCUT2D eigenvalue weighted by Gasteiger charge is 2.49. The number of fused-ring (bicyclic) bond motifs is 6. The van der Waals surface area contributed by atoms with E-state index in [0.717, 1.165) is 22.4 Å². The first-order valence-corrected chi connectivity index (χ1v) is 28.0. The Kier molecular flexibility index (Phi) is 10.5. The average Bonchev–Trinajstić information content (AvgIpc) is 3.80. The number of nitrogens with zero attached hydrogens (tertiary/aromatic N) is 2. The Labute approximate surface area is 391 Å². The van der Waals surface area contributed by atoms with Crippen LogP contribution < -0.4 is 31.1 Å². The minimum Gasteiger partial charge on any atom is -0.254 e. The summed E-state index contributed by atoms with van der Waals surface area (Å²) in [4.78, 5) is 11.3. The van der Waals surface area contributed by atoms with E-state index in [2.05, 4.69) is 251 Å². The first-order chi connectivity index (χ1) is 32.4. The fourth-order valence-electron chi connectivity index (χ4n) is 10.8. The van der Waals surface area contributed by atoms with Crippen molar-refractivity contribution in [2.45, 2.75) is 26.1 Å². The fraction of sp³-hybridized carbons (Fsp3) is 0.0645. The lowest BCUT2D eigenvalue weighted by Crippen LogP contribution is -2.72. The van der Waals surface area contributed by atoms with Gasteiger partial charge in [0.25, 0.3) is 0 Å². The largest absolute Gasteiger partial charge is 0.254 e. The smallest absolute Gasteiger partial charge is 0.180 e. The maximum absolute atomic E-state index is 5.71. The number of aliphatic imine (C=N–C) groups is 2. The molecule has 1 atom stereocenters. The van der Waals surface area contributed by atoms with Gasteiger partial charge >= 0.3 is 0 Å². The molecule has 9 aromatic carbocycles. The van der Waals surface area contributed by atoms with Crippen LogP contribution in [0.2, 0.25) is 13.1 Å². The molecule has 2 aliphatic heterocycles. The number of benzene rings is 9. The molecule has 0 spiro atoms. The number of hydrogen-bond donors (Lipinski definition) is 0. The van der Waals surface area contributed by atoms with Crippen molar-refractivity contribution in [3.63, 3.8) is 0 Å². The first kappa shape index (κ1) is 41.2. The maximum Gasteiger partial charge on any atom is 0.180 e. The van der Waals surface area contributed by atoms with Crippen molar-refractivity contribution < 1.29 is 0 Å². The van der Waals surface area contributed by atoms with Crippen LogP contribution in [0.4, 0.5) is 0 Å². The van der Waals surface area contributed by atoms with E-state index in [0.29, 0.717) is 5.84 Å². The zero-order valence-corrected chi connectivity index (χ0v) is 39.6. The molecule has 316 valence electrons. The molecule has 11 rings (SSSR count). The van der Waals surface area contributed by atoms with Crippen molar-refractivity contribution in [1.82, 2.24) is 0 Å². The van der Waals surface area contributed by atoms with Crippen LogP contribution in [0.5, 0.6) is 0 Å². The third kappa shape index (κ3) is 6.84. The molecule has 0 saturated carbocycles. The molecule has 0 aliphatic carbocycles. The molecule has 66 heavy (non-hydrogen) atoms. The second-order valence-corrected chi connectivity index (χ2v) is 26.1. The van der Waals surface area contributed by atoms with Crippen LogP contribution >= 0.6 is 0 Å². The first-order valence-electron chi connectivity index (χ1n) is 23.0. The van der Waals surface area contributed by atoms with E-state index in [4.69, 9.17) is 9.98 Å². The Hall–Kier alpha value is -7.51. The zero-order chi connectivity index (χ0) is 44.8. The number of rotatable bonds is 9. The highest BCUT2D eigenvalue weighted by Crippen LogP contribution is 2.36. The minimum atomic E-state index is -2.91. The molecule has 0 fully saturated rings. The van der Waals surface area contributed by atoms with Gasteiger partial charge < -0.3 is 0 Å². The second kappa shape index (κ2) is 16.8. The molecule has 2 heterocycles. The predicted octanol–water partition coefficient (Wildman–Crippen LogP) is 11.4. The van der Waals surface area contributed by atoms with Gasteiger partial charge in [0, 0.05) is 16.8 Å². The molecule has 0 saturated heterocycles. The van der Waals surface area contributed by atoms with Gasteiger partial charge in [0.2, 0.25) is 0 Å². The van der Waals surface area contributed by atoms with Crippen LogP contribution in [-0.4, -0.2) is 27.7 Å². The van der Waals surface area contributed by atoms with E-state index in [1.165, 1.54) is 75.6 Å². The van der Waals surface area contributed by atoms with Crippen LogP contribution in [-0.2, 0) is 0 Å². The summed E-state index contributed by atoms with van der Waals surface area (Å²) in [7, 11) is -4.92. The van der Waals surface area contributed by atoms with Gasteiger partial charge in [0.05, 0.1) is 6.04 Å². The van der Waals surface area contributed by atoms with E-state index in [1.54, 1.807) is 0 Å². The number of amidine groups is 1. The molecule has 1 unspecified atom stereocenters. The summed E-state index contributed by atoms with van der Waals surface area (Å²) in [5.74, 6) is 0.688. The molecule has 0 N–H and O–H groups in total. The lowest BCUT2D eigenvalue weighted by molar-refractivity contribution is 0.912. The average molecular weight is 879 g/mol. The molecular formula is C62H50N2Si2. The third-order valence-corrected chi connectivity index (χ3v) is 22.4. The molecule has 4 heteroatoms. The summed E-state index contributed by atoms with van der Waals surface area (Å²) in [5.41, 5.74) is 14.2. The Balaban J connectivity index is 1.16. The van der Waals surface area contributed by atoms with Gasteiger partial charge in [-0.1, -0.05) is 238 Å². The SMILES string of the molecule is C=CC(N=C(N=C(C)c1cc2c(cc1-c1ccccc1)-c1ccccc1[Si]2(C)C)c1ccc2c(c1)[Si](c1ccccc1)(c1ccccc1)c1cc(-c3ccccc3)ccc1-2)c1ccccc1. The van der Waals surface area contributed by atoms with E-state index < -0.39 is 16.1 Å². The standard InChI is InChI=1S/C62H50N2Si2/c1-5-57(46-27-15-8-16-28-46)64-62(63-43(2)54-42-59-56(41-55(54)45-25-13-7-14-26-45)51-33-21-22-34-58(51)65(59,3)4)48-36-38-53-52-37-35-47(44-23-11-6-12-24-44)39-60(52)66(61(53)40-48,49-29-17-9-18-30-49)50-31-19-10-20-32-50/h5-42,57H,1H2,2-4H3. The van der Waals surface area contributed by atoms with Gasteiger partial charge in [-0.05, 0) is 94.2 Å². The van der Waals surface area contributed by atoms with Crippen LogP contribution in [0.1, 0.15) is 29.7 Å². The van der Waals surface area contributed by atoms with Gasteiger partial charge in [-0.2, -0.15) is 0 Å². The summed E-state index contributed by atoms with van der Waals surface area (Å²) in [6.45, 7) is 11.5. The molecule has 2 nitrogen and oxygen atoms in total. The monoisotopic (exact) mass is 878 g/mol. The quantitative estimate of drug-likeness (QED) is 0.0597. The molecule has 2 aliphatic rings. The Bertz CT molecular complexity index is 3300. The summed E-state index contributed by atoms with van der Waals surface area (Å²) in [6, 6.07) is 82.3. The summed E-state index contributed by atoms with van der Waals surface area (Å²) in [6.07, 6.45) is 1.94. The van der Waals surface area contributed by atoms with Crippen molar-refractivity contribution >= 4 is 58.8 Å². The van der Waals surface area contributed by atoms with Crippen molar-refractivity contribution in [3.05, 3.63) is 254 Å².